The van der Waals surface area contributed by atoms with Crippen molar-refractivity contribution in [3.63, 3.8) is 0 Å². The number of thiazole rings is 1. The Balaban J connectivity index is 1.62. The van der Waals surface area contributed by atoms with Crippen LogP contribution in [0.25, 0.3) is 0 Å². The third-order valence-corrected chi connectivity index (χ3v) is 5.46. The van der Waals surface area contributed by atoms with Crippen molar-refractivity contribution >= 4 is 41.0 Å². The molecule has 1 amide bonds. The number of hydrogen-bond acceptors (Lipinski definition) is 7. The minimum atomic E-state index is -0.467. The van der Waals surface area contributed by atoms with Crippen LogP contribution in [-0.4, -0.2) is 36.4 Å². The largest absolute Gasteiger partial charge is 0.484 e. The predicted molar refractivity (Wildman–Crippen MR) is 118 cm³/mol. The first-order valence-corrected chi connectivity index (χ1v) is 10.2. The van der Waals surface area contributed by atoms with E-state index < -0.39 is 11.9 Å². The lowest BCUT2D eigenvalue weighted by molar-refractivity contribution is -0.123. The number of rotatable bonds is 8. The molecule has 1 heterocycles. The number of aromatic nitrogens is 1. The van der Waals surface area contributed by atoms with Gasteiger partial charge >= 0.3 is 10.8 Å². The second-order valence-electron chi connectivity index (χ2n) is 6.20. The number of esters is 1. The highest BCUT2D eigenvalue weighted by Crippen LogP contribution is 2.19. The third-order valence-electron chi connectivity index (χ3n) is 4.03. The number of hydrazone groups is 1. The highest BCUT2D eigenvalue weighted by atomic mass is 35.5. The number of nitrogens with zero attached hydrogens (tertiary/aromatic N) is 2. The summed E-state index contributed by atoms with van der Waals surface area (Å²) in [5, 5.41) is 4.01. The average molecular weight is 460 g/mol. The van der Waals surface area contributed by atoms with Gasteiger partial charge in [0, 0.05) is 0 Å². The first kappa shape index (κ1) is 22.3. The van der Waals surface area contributed by atoms with Crippen molar-refractivity contribution in [2.24, 2.45) is 5.10 Å². The molecule has 0 saturated carbocycles. The molecule has 0 aliphatic rings. The van der Waals surface area contributed by atoms with Crippen LogP contribution in [0.15, 0.2) is 64.5 Å². The van der Waals surface area contributed by atoms with Gasteiger partial charge in [-0.3, -0.25) is 14.2 Å². The molecular formula is C21H18ClN3O5S. The molecule has 10 heteroatoms. The second kappa shape index (κ2) is 10.6. The summed E-state index contributed by atoms with van der Waals surface area (Å²) >= 11 is 7.21. The van der Waals surface area contributed by atoms with Crippen molar-refractivity contribution < 1.29 is 19.1 Å². The number of methoxy groups -OCH3 is 1. The summed E-state index contributed by atoms with van der Waals surface area (Å²) in [5.74, 6) is -0.357. The molecule has 3 aromatic rings. The van der Waals surface area contributed by atoms with Gasteiger partial charge in [0.25, 0.3) is 5.91 Å². The summed E-state index contributed by atoms with van der Waals surface area (Å²) in [6, 6.07) is 15.6. The molecule has 0 saturated heterocycles. The lowest BCUT2D eigenvalue weighted by atomic mass is 10.1. The number of amides is 1. The van der Waals surface area contributed by atoms with Crippen LogP contribution in [-0.2, 0) is 16.1 Å². The average Bonchev–Trinajstić information content (AvgIpc) is 3.05. The van der Waals surface area contributed by atoms with Crippen LogP contribution in [0.1, 0.15) is 20.8 Å². The Morgan fingerprint density at radius 2 is 1.97 bits per heavy atom. The molecule has 2 aromatic carbocycles. The standard InChI is InChI=1S/C21H18ClN3O5S/c1-29-20(27)15-7-5-6-14(10-15)12-25-19(22)17(31-21(25)28)11-23-24-18(26)13-30-16-8-3-2-4-9-16/h2-11H,12-13H2,1H3,(H,24,26)/b23-11-. The Morgan fingerprint density at radius 1 is 1.19 bits per heavy atom. The molecule has 8 nitrogen and oxygen atoms in total. The van der Waals surface area contributed by atoms with E-state index in [1.54, 1.807) is 48.5 Å². The Hall–Kier alpha value is -3.43. The number of ether oxygens (including phenoxy) is 2. The number of benzene rings is 2. The summed E-state index contributed by atoms with van der Waals surface area (Å²) in [4.78, 5) is 35.9. The Bertz CT molecular complexity index is 1160. The summed E-state index contributed by atoms with van der Waals surface area (Å²) in [6.45, 7) is -0.0347. The molecule has 3 rings (SSSR count). The molecule has 0 spiro atoms. The van der Waals surface area contributed by atoms with E-state index in [2.05, 4.69) is 10.5 Å². The van der Waals surface area contributed by atoms with E-state index in [-0.39, 0.29) is 23.2 Å². The minimum absolute atomic E-state index is 0.171. The summed E-state index contributed by atoms with van der Waals surface area (Å²) < 4.78 is 11.4. The van der Waals surface area contributed by atoms with Crippen molar-refractivity contribution in [3.05, 3.63) is 85.4 Å². The molecular weight excluding hydrogens is 442 g/mol. The van der Waals surface area contributed by atoms with E-state index >= 15 is 0 Å². The van der Waals surface area contributed by atoms with Crippen LogP contribution >= 0.6 is 22.9 Å². The Kier molecular flexibility index (Phi) is 7.58. The molecule has 0 bridgehead atoms. The van der Waals surface area contributed by atoms with Gasteiger partial charge in [0.1, 0.15) is 10.9 Å². The first-order chi connectivity index (χ1) is 15.0. The maximum Gasteiger partial charge on any atom is 0.337 e. The Morgan fingerprint density at radius 3 is 2.71 bits per heavy atom. The number of hydrogen-bond donors (Lipinski definition) is 1. The lowest BCUT2D eigenvalue weighted by Crippen LogP contribution is -2.24. The van der Waals surface area contributed by atoms with Gasteiger partial charge in [0.05, 0.1) is 30.3 Å². The topological polar surface area (TPSA) is 99.0 Å². The van der Waals surface area contributed by atoms with Crippen molar-refractivity contribution in [1.82, 2.24) is 9.99 Å². The van der Waals surface area contributed by atoms with E-state index in [1.165, 1.54) is 17.9 Å². The van der Waals surface area contributed by atoms with E-state index in [9.17, 15) is 14.4 Å². The van der Waals surface area contributed by atoms with Crippen LogP contribution in [0.2, 0.25) is 5.15 Å². The summed E-state index contributed by atoms with van der Waals surface area (Å²) in [7, 11) is 1.30. The minimum Gasteiger partial charge on any atom is -0.484 e. The van der Waals surface area contributed by atoms with Crippen LogP contribution < -0.4 is 15.0 Å². The predicted octanol–water partition coefficient (Wildman–Crippen LogP) is 2.93. The van der Waals surface area contributed by atoms with E-state index in [1.807, 2.05) is 6.07 Å². The van der Waals surface area contributed by atoms with Crippen molar-refractivity contribution in [1.29, 1.82) is 0 Å². The zero-order chi connectivity index (χ0) is 22.2. The molecule has 0 radical (unpaired) electrons. The van der Waals surface area contributed by atoms with E-state index in [0.717, 1.165) is 11.3 Å². The molecule has 0 aliphatic carbocycles. The van der Waals surface area contributed by atoms with Crippen molar-refractivity contribution in [3.8, 4) is 5.75 Å². The molecule has 0 fully saturated rings. The fourth-order valence-electron chi connectivity index (χ4n) is 2.58. The maximum atomic E-state index is 12.3. The van der Waals surface area contributed by atoms with Gasteiger partial charge in [0.2, 0.25) is 0 Å². The maximum absolute atomic E-state index is 12.3. The van der Waals surface area contributed by atoms with Crippen LogP contribution in [0.4, 0.5) is 0 Å². The zero-order valence-corrected chi connectivity index (χ0v) is 18.0. The second-order valence-corrected chi connectivity index (χ2v) is 7.55. The van der Waals surface area contributed by atoms with Gasteiger partial charge in [-0.1, -0.05) is 53.3 Å². The van der Waals surface area contributed by atoms with E-state index in [4.69, 9.17) is 21.1 Å². The van der Waals surface area contributed by atoms with Gasteiger partial charge in [-0.2, -0.15) is 5.10 Å². The molecule has 0 unspecified atom stereocenters. The highest BCUT2D eigenvalue weighted by molar-refractivity contribution is 7.11. The summed E-state index contributed by atoms with van der Waals surface area (Å²) in [5.41, 5.74) is 3.41. The van der Waals surface area contributed by atoms with Gasteiger partial charge in [-0.05, 0) is 29.8 Å². The number of para-hydroxylation sites is 1. The van der Waals surface area contributed by atoms with Gasteiger partial charge < -0.3 is 9.47 Å². The van der Waals surface area contributed by atoms with Crippen LogP contribution in [0.5, 0.6) is 5.75 Å². The van der Waals surface area contributed by atoms with Crippen LogP contribution in [0.3, 0.4) is 0 Å². The quantitative estimate of drug-likeness (QED) is 0.317. The lowest BCUT2D eigenvalue weighted by Gasteiger charge is -2.06. The van der Waals surface area contributed by atoms with Crippen LogP contribution in [0, 0.1) is 0 Å². The SMILES string of the molecule is COC(=O)c1cccc(Cn2c(Cl)c(/C=N\NC(=O)COc3ccccc3)sc2=O)c1. The zero-order valence-electron chi connectivity index (χ0n) is 16.4. The Labute approximate surface area is 186 Å². The third kappa shape index (κ3) is 6.03. The molecule has 31 heavy (non-hydrogen) atoms. The number of carbonyl (C=O) groups excluding carboxylic acids is 2. The first-order valence-electron chi connectivity index (χ1n) is 9.04. The van der Waals surface area contributed by atoms with E-state index in [0.29, 0.717) is 21.8 Å². The molecule has 160 valence electrons. The monoisotopic (exact) mass is 459 g/mol. The smallest absolute Gasteiger partial charge is 0.337 e. The van der Waals surface area contributed by atoms with Gasteiger partial charge in [-0.25, -0.2) is 10.2 Å². The van der Waals surface area contributed by atoms with Crippen molar-refractivity contribution in [2.75, 3.05) is 13.7 Å². The van der Waals surface area contributed by atoms with Gasteiger partial charge in [-0.15, -0.1) is 0 Å². The number of halogens is 1. The molecule has 1 aromatic heterocycles. The molecule has 0 atom stereocenters. The molecule has 0 aliphatic heterocycles. The number of carbonyl (C=O) groups is 2. The summed E-state index contributed by atoms with van der Waals surface area (Å²) in [6.07, 6.45) is 1.30. The molecule has 1 N–H and O–H groups in total. The fraction of sp³-hybridized carbons (Fsp3) is 0.143. The highest BCUT2D eigenvalue weighted by Gasteiger charge is 2.13. The fourth-order valence-corrected chi connectivity index (χ4v) is 3.68. The van der Waals surface area contributed by atoms with Gasteiger partial charge in [0.15, 0.2) is 6.61 Å². The number of nitrogens with one attached hydrogen (secondary N) is 1. The van der Waals surface area contributed by atoms with Crippen molar-refractivity contribution in [2.45, 2.75) is 6.54 Å². The normalized spacial score (nSPS) is 10.8.